The summed E-state index contributed by atoms with van der Waals surface area (Å²) in [5.41, 5.74) is 10.5. The number of primary amides is 1. The number of nitrogens with two attached hydrogens (primary N) is 2. The molecule has 4 unspecified atom stereocenters. The minimum absolute atomic E-state index is 0.0993. The zero-order valence-corrected chi connectivity index (χ0v) is 15.8. The van der Waals surface area contributed by atoms with Crippen LogP contribution in [0.4, 0.5) is 0 Å². The number of aliphatic carboxylic acids is 1. The maximum atomic E-state index is 12.6. The van der Waals surface area contributed by atoms with E-state index in [1.807, 2.05) is 0 Å². The summed E-state index contributed by atoms with van der Waals surface area (Å²) in [6.45, 7) is 1.65. The first-order valence-corrected chi connectivity index (χ1v) is 9.00. The van der Waals surface area contributed by atoms with Gasteiger partial charge in [-0.25, -0.2) is 4.79 Å². The van der Waals surface area contributed by atoms with E-state index < -0.39 is 60.2 Å². The Morgan fingerprint density at radius 3 is 2.26 bits per heavy atom. The van der Waals surface area contributed by atoms with Crippen LogP contribution in [0.3, 0.4) is 0 Å². The minimum Gasteiger partial charge on any atom is -0.480 e. The molecular weight excluding hydrogens is 378 g/mol. The van der Waals surface area contributed by atoms with Gasteiger partial charge in [-0.1, -0.05) is 0 Å². The number of likely N-dealkylation sites (tertiary alicyclic amines) is 1. The van der Waals surface area contributed by atoms with Crippen molar-refractivity contribution in [1.29, 1.82) is 0 Å². The molecule has 0 aliphatic carbocycles. The summed E-state index contributed by atoms with van der Waals surface area (Å²) in [6.07, 6.45) is 0.368. The minimum atomic E-state index is -1.31. The lowest BCUT2D eigenvalue weighted by Crippen LogP contribution is -2.58. The first-order chi connectivity index (χ1) is 12.6. The SMILES string of the molecule is CC(N)C(=O)NC(CC(N)=O)C(=O)NC(CS)C(=O)N1CCCC1C(=O)O. The van der Waals surface area contributed by atoms with Crippen molar-refractivity contribution in [1.82, 2.24) is 15.5 Å². The Hall–Kier alpha value is -2.34. The van der Waals surface area contributed by atoms with E-state index in [2.05, 4.69) is 23.3 Å². The van der Waals surface area contributed by atoms with E-state index in [4.69, 9.17) is 11.5 Å². The van der Waals surface area contributed by atoms with Crippen LogP contribution in [0.1, 0.15) is 26.2 Å². The maximum absolute atomic E-state index is 12.6. The fourth-order valence-corrected chi connectivity index (χ4v) is 2.91. The van der Waals surface area contributed by atoms with Crippen molar-refractivity contribution < 1.29 is 29.1 Å². The second kappa shape index (κ2) is 10.1. The highest BCUT2D eigenvalue weighted by Crippen LogP contribution is 2.18. The molecule has 4 amide bonds. The summed E-state index contributed by atoms with van der Waals surface area (Å²) in [7, 11) is 0. The number of hydrogen-bond acceptors (Lipinski definition) is 7. The van der Waals surface area contributed by atoms with E-state index in [0.717, 1.165) is 0 Å². The van der Waals surface area contributed by atoms with Crippen molar-refractivity contribution in [3.63, 3.8) is 0 Å². The van der Waals surface area contributed by atoms with Crippen molar-refractivity contribution in [2.75, 3.05) is 12.3 Å². The molecule has 1 rings (SSSR count). The largest absolute Gasteiger partial charge is 0.480 e. The lowest BCUT2D eigenvalue weighted by molar-refractivity contribution is -0.149. The van der Waals surface area contributed by atoms with Gasteiger partial charge in [0.15, 0.2) is 0 Å². The molecule has 12 heteroatoms. The number of carbonyl (C=O) groups excluding carboxylic acids is 4. The van der Waals surface area contributed by atoms with Crippen LogP contribution >= 0.6 is 12.6 Å². The van der Waals surface area contributed by atoms with Crippen LogP contribution in [-0.4, -0.2) is 76.1 Å². The second-order valence-corrected chi connectivity index (χ2v) is 6.66. The Balaban J connectivity index is 2.86. The molecule has 1 fully saturated rings. The molecule has 4 atom stereocenters. The van der Waals surface area contributed by atoms with Gasteiger partial charge in [0, 0.05) is 12.3 Å². The van der Waals surface area contributed by atoms with Crippen molar-refractivity contribution in [3.05, 3.63) is 0 Å². The van der Waals surface area contributed by atoms with Crippen LogP contribution in [0.25, 0.3) is 0 Å². The third-order valence-corrected chi connectivity index (χ3v) is 4.44. The molecule has 0 aromatic rings. The maximum Gasteiger partial charge on any atom is 0.326 e. The summed E-state index contributed by atoms with van der Waals surface area (Å²) < 4.78 is 0. The highest BCUT2D eigenvalue weighted by atomic mass is 32.1. The van der Waals surface area contributed by atoms with Gasteiger partial charge in [-0.15, -0.1) is 0 Å². The number of amides is 4. The van der Waals surface area contributed by atoms with E-state index in [1.165, 1.54) is 11.8 Å². The number of carbonyl (C=O) groups is 5. The number of rotatable bonds is 9. The standard InChI is InChI=1S/C15H25N5O6S/c1-7(16)12(22)18-8(5-11(17)21)13(23)19-9(6-27)14(24)20-4-2-3-10(20)15(25)26/h7-10,27H,2-6,16H2,1H3,(H2,17,21)(H,18,22)(H,19,23)(H,25,26). The van der Waals surface area contributed by atoms with Crippen LogP contribution < -0.4 is 22.1 Å². The van der Waals surface area contributed by atoms with Crippen LogP contribution in [0.5, 0.6) is 0 Å². The molecule has 152 valence electrons. The van der Waals surface area contributed by atoms with Crippen molar-refractivity contribution in [2.45, 2.75) is 50.4 Å². The first kappa shape index (κ1) is 22.7. The Bertz CT molecular complexity index is 614. The summed E-state index contributed by atoms with van der Waals surface area (Å²) in [6, 6.07) is -4.32. The molecule has 7 N–H and O–H groups in total. The van der Waals surface area contributed by atoms with Gasteiger partial charge in [0.05, 0.1) is 12.5 Å². The second-order valence-electron chi connectivity index (χ2n) is 6.29. The third kappa shape index (κ3) is 6.40. The van der Waals surface area contributed by atoms with E-state index in [0.29, 0.717) is 12.8 Å². The Morgan fingerprint density at radius 1 is 1.19 bits per heavy atom. The number of carboxylic acid groups (broad SMARTS) is 1. The molecule has 11 nitrogen and oxygen atoms in total. The van der Waals surface area contributed by atoms with Gasteiger partial charge in [0.1, 0.15) is 18.1 Å². The van der Waals surface area contributed by atoms with Gasteiger partial charge in [-0.05, 0) is 19.8 Å². The first-order valence-electron chi connectivity index (χ1n) is 8.37. The van der Waals surface area contributed by atoms with Gasteiger partial charge in [-0.3, -0.25) is 19.2 Å². The average molecular weight is 403 g/mol. The van der Waals surface area contributed by atoms with Gasteiger partial charge in [-0.2, -0.15) is 12.6 Å². The fraction of sp³-hybridized carbons (Fsp3) is 0.667. The molecule has 1 heterocycles. The molecule has 1 aliphatic rings. The lowest BCUT2D eigenvalue weighted by Gasteiger charge is -2.27. The van der Waals surface area contributed by atoms with Crippen molar-refractivity contribution in [3.8, 4) is 0 Å². The normalized spacial score (nSPS) is 19.7. The fourth-order valence-electron chi connectivity index (χ4n) is 2.66. The van der Waals surface area contributed by atoms with Gasteiger partial charge in [0.2, 0.25) is 23.6 Å². The van der Waals surface area contributed by atoms with Crippen LogP contribution in [0.15, 0.2) is 0 Å². The quantitative estimate of drug-likeness (QED) is 0.224. The topological polar surface area (TPSA) is 185 Å². The highest BCUT2D eigenvalue weighted by Gasteiger charge is 2.38. The van der Waals surface area contributed by atoms with Crippen LogP contribution in [0, 0.1) is 0 Å². The Morgan fingerprint density at radius 2 is 1.78 bits per heavy atom. The summed E-state index contributed by atoms with van der Waals surface area (Å²) in [5.74, 6) is -4.14. The van der Waals surface area contributed by atoms with Gasteiger partial charge < -0.3 is 32.1 Å². The van der Waals surface area contributed by atoms with Gasteiger partial charge in [0.25, 0.3) is 0 Å². The van der Waals surface area contributed by atoms with E-state index in [-0.39, 0.29) is 12.3 Å². The predicted octanol–water partition coefficient (Wildman–Crippen LogP) is -2.82. The monoisotopic (exact) mass is 403 g/mol. The number of nitrogens with zero attached hydrogens (tertiary/aromatic N) is 1. The molecule has 1 saturated heterocycles. The molecule has 0 aromatic heterocycles. The Kier molecular flexibility index (Phi) is 8.50. The van der Waals surface area contributed by atoms with E-state index >= 15 is 0 Å². The zero-order valence-electron chi connectivity index (χ0n) is 14.9. The van der Waals surface area contributed by atoms with Crippen LogP contribution in [-0.2, 0) is 24.0 Å². The molecule has 0 saturated carbocycles. The predicted molar refractivity (Wildman–Crippen MR) is 97.5 cm³/mol. The van der Waals surface area contributed by atoms with Crippen LogP contribution in [0.2, 0.25) is 0 Å². The smallest absolute Gasteiger partial charge is 0.326 e. The van der Waals surface area contributed by atoms with E-state index in [9.17, 15) is 29.1 Å². The molecule has 0 aromatic carbocycles. The molecule has 0 spiro atoms. The number of nitrogens with one attached hydrogen (secondary N) is 2. The average Bonchev–Trinajstić information content (AvgIpc) is 3.07. The Labute approximate surface area is 161 Å². The third-order valence-electron chi connectivity index (χ3n) is 4.07. The molecule has 0 radical (unpaired) electrons. The van der Waals surface area contributed by atoms with Crippen molar-refractivity contribution >= 4 is 42.2 Å². The van der Waals surface area contributed by atoms with Gasteiger partial charge >= 0.3 is 5.97 Å². The molecule has 0 bridgehead atoms. The molecular formula is C15H25N5O6S. The summed E-state index contributed by atoms with van der Waals surface area (Å²) >= 11 is 4.04. The van der Waals surface area contributed by atoms with E-state index in [1.54, 1.807) is 0 Å². The number of hydrogen-bond donors (Lipinski definition) is 6. The molecule has 27 heavy (non-hydrogen) atoms. The molecule has 1 aliphatic heterocycles. The lowest BCUT2D eigenvalue weighted by atomic mass is 10.1. The summed E-state index contributed by atoms with van der Waals surface area (Å²) in [4.78, 5) is 60.4. The highest BCUT2D eigenvalue weighted by molar-refractivity contribution is 7.80. The zero-order chi connectivity index (χ0) is 20.7. The number of carboxylic acids is 1. The summed E-state index contributed by atoms with van der Waals surface area (Å²) in [5, 5.41) is 13.9. The van der Waals surface area contributed by atoms with Crippen molar-refractivity contribution in [2.24, 2.45) is 11.5 Å². The number of thiol groups is 1.